The highest BCUT2D eigenvalue weighted by atomic mass is 79.9. The number of aromatic nitrogens is 5. The van der Waals surface area contributed by atoms with Crippen LogP contribution in [0.5, 0.6) is 0 Å². The van der Waals surface area contributed by atoms with E-state index in [4.69, 9.17) is 0 Å². The number of nitrogens with one attached hydrogen (secondary N) is 1. The highest BCUT2D eigenvalue weighted by Gasteiger charge is 2.13. The summed E-state index contributed by atoms with van der Waals surface area (Å²) in [5, 5.41) is 17.6. The number of halogens is 1. The summed E-state index contributed by atoms with van der Waals surface area (Å²) in [5.41, 5.74) is 3.89. The number of nitrogens with zero attached hydrogens (tertiary/aromatic N) is 5. The van der Waals surface area contributed by atoms with Gasteiger partial charge in [0.25, 0.3) is 0 Å². The van der Waals surface area contributed by atoms with Crippen LogP contribution in [0.2, 0.25) is 0 Å². The molecular weight excluding hydrogens is 472 g/mol. The van der Waals surface area contributed by atoms with E-state index in [1.165, 1.54) is 28.7 Å². The van der Waals surface area contributed by atoms with Gasteiger partial charge in [-0.1, -0.05) is 57.5 Å². The minimum absolute atomic E-state index is 0.162. The van der Waals surface area contributed by atoms with Gasteiger partial charge in [-0.05, 0) is 41.6 Å². The van der Waals surface area contributed by atoms with Crippen LogP contribution >= 0.6 is 39.0 Å². The van der Waals surface area contributed by atoms with Gasteiger partial charge in [0.15, 0.2) is 5.13 Å². The molecule has 1 amide bonds. The summed E-state index contributed by atoms with van der Waals surface area (Å²) in [6.45, 7) is 2.04. The molecule has 7 nitrogen and oxygen atoms in total. The van der Waals surface area contributed by atoms with E-state index >= 15 is 0 Å². The molecule has 0 radical (unpaired) electrons. The number of hydrogen-bond donors (Lipinski definition) is 1. The second kappa shape index (κ2) is 8.85. The summed E-state index contributed by atoms with van der Waals surface area (Å²) in [6, 6.07) is 15.7. The predicted octanol–water partition coefficient (Wildman–Crippen LogP) is 4.59. The molecule has 29 heavy (non-hydrogen) atoms. The molecule has 146 valence electrons. The number of thiazole rings is 1. The number of aryl methyl sites for hydroxylation is 1. The van der Waals surface area contributed by atoms with E-state index in [9.17, 15) is 4.79 Å². The largest absolute Gasteiger partial charge is 0.301 e. The number of amides is 1. The third kappa shape index (κ3) is 4.89. The molecule has 0 spiro atoms. The van der Waals surface area contributed by atoms with E-state index in [-0.39, 0.29) is 11.7 Å². The minimum Gasteiger partial charge on any atom is -0.301 e. The third-order valence-electron chi connectivity index (χ3n) is 3.94. The van der Waals surface area contributed by atoms with Crippen molar-refractivity contribution in [2.75, 3.05) is 11.1 Å². The van der Waals surface area contributed by atoms with Crippen LogP contribution in [0, 0.1) is 6.92 Å². The van der Waals surface area contributed by atoms with Crippen LogP contribution in [0.1, 0.15) is 5.56 Å². The van der Waals surface area contributed by atoms with Crippen molar-refractivity contribution in [3.63, 3.8) is 0 Å². The maximum atomic E-state index is 12.3. The van der Waals surface area contributed by atoms with Crippen molar-refractivity contribution in [1.29, 1.82) is 0 Å². The number of anilines is 1. The number of benzene rings is 2. The molecule has 4 aromatic rings. The molecule has 2 heterocycles. The van der Waals surface area contributed by atoms with E-state index in [1.807, 2.05) is 60.8 Å². The molecule has 0 aliphatic rings. The molecule has 0 unspecified atom stereocenters. The molecular formula is C19H15BrN6OS2. The Morgan fingerprint density at radius 1 is 1.17 bits per heavy atom. The van der Waals surface area contributed by atoms with Crippen molar-refractivity contribution < 1.29 is 4.79 Å². The Morgan fingerprint density at radius 2 is 1.93 bits per heavy atom. The zero-order valence-electron chi connectivity index (χ0n) is 15.2. The predicted molar refractivity (Wildman–Crippen MR) is 118 cm³/mol. The molecule has 2 aromatic heterocycles. The van der Waals surface area contributed by atoms with Crippen molar-refractivity contribution in [3.8, 4) is 16.9 Å². The van der Waals surface area contributed by atoms with E-state index in [0.717, 1.165) is 21.4 Å². The van der Waals surface area contributed by atoms with Crippen LogP contribution in [0.25, 0.3) is 16.9 Å². The normalized spacial score (nSPS) is 10.8. The van der Waals surface area contributed by atoms with E-state index in [0.29, 0.717) is 10.3 Å². The zero-order chi connectivity index (χ0) is 20.2. The molecule has 0 aliphatic heterocycles. The summed E-state index contributed by atoms with van der Waals surface area (Å²) in [6.07, 6.45) is 0. The smallest absolute Gasteiger partial charge is 0.236 e. The maximum Gasteiger partial charge on any atom is 0.236 e. The standard InChI is InChI=1S/C19H15BrN6OS2/c1-12-2-4-13(5-3-12)16-10-28-18(21-16)22-17(27)11-29-19-23-24-25-26(19)15-8-6-14(20)7-9-15/h2-10H,11H2,1H3,(H,21,22,27). The molecule has 2 aromatic carbocycles. The maximum absolute atomic E-state index is 12.3. The quantitative estimate of drug-likeness (QED) is 0.401. The Bertz CT molecular complexity index is 1120. The van der Waals surface area contributed by atoms with Gasteiger partial charge >= 0.3 is 0 Å². The van der Waals surface area contributed by atoms with Gasteiger partial charge in [-0.15, -0.1) is 16.4 Å². The molecule has 10 heteroatoms. The minimum atomic E-state index is -0.162. The summed E-state index contributed by atoms with van der Waals surface area (Å²) >= 11 is 6.07. The molecule has 0 saturated carbocycles. The first kappa shape index (κ1) is 19.7. The highest BCUT2D eigenvalue weighted by Crippen LogP contribution is 2.26. The van der Waals surface area contributed by atoms with Crippen molar-refractivity contribution in [1.82, 2.24) is 25.2 Å². The van der Waals surface area contributed by atoms with Gasteiger partial charge in [0.05, 0.1) is 17.1 Å². The number of carbonyl (C=O) groups is 1. The lowest BCUT2D eigenvalue weighted by molar-refractivity contribution is -0.113. The summed E-state index contributed by atoms with van der Waals surface area (Å²) in [7, 11) is 0. The summed E-state index contributed by atoms with van der Waals surface area (Å²) in [5.74, 6) is 0.0150. The molecule has 4 rings (SSSR count). The molecule has 0 saturated heterocycles. The lowest BCUT2D eigenvalue weighted by Gasteiger charge is -2.04. The topological polar surface area (TPSA) is 85.6 Å². The second-order valence-electron chi connectivity index (χ2n) is 6.09. The van der Waals surface area contributed by atoms with E-state index in [2.05, 4.69) is 41.8 Å². The van der Waals surface area contributed by atoms with Crippen molar-refractivity contribution in [2.45, 2.75) is 12.1 Å². The highest BCUT2D eigenvalue weighted by molar-refractivity contribution is 9.10. The number of rotatable bonds is 6. The Hall–Kier alpha value is -2.56. The second-order valence-corrected chi connectivity index (χ2v) is 8.81. The van der Waals surface area contributed by atoms with Crippen LogP contribution in [-0.4, -0.2) is 36.9 Å². The molecule has 0 aliphatic carbocycles. The Balaban J connectivity index is 1.37. The lowest BCUT2D eigenvalue weighted by Crippen LogP contribution is -2.14. The monoisotopic (exact) mass is 486 g/mol. The van der Waals surface area contributed by atoms with Crippen molar-refractivity contribution in [2.24, 2.45) is 0 Å². The zero-order valence-corrected chi connectivity index (χ0v) is 18.5. The van der Waals surface area contributed by atoms with Gasteiger partial charge < -0.3 is 5.32 Å². The number of tetrazole rings is 1. The first-order chi connectivity index (χ1) is 14.1. The Labute approximate surface area is 183 Å². The van der Waals surface area contributed by atoms with Gasteiger partial charge in [-0.25, -0.2) is 4.98 Å². The van der Waals surface area contributed by atoms with Gasteiger partial charge in [0, 0.05) is 15.4 Å². The van der Waals surface area contributed by atoms with Crippen molar-refractivity contribution in [3.05, 3.63) is 63.9 Å². The molecule has 0 bridgehead atoms. The Morgan fingerprint density at radius 3 is 2.69 bits per heavy atom. The molecule has 0 fully saturated rings. The fourth-order valence-electron chi connectivity index (χ4n) is 2.49. The first-order valence-electron chi connectivity index (χ1n) is 8.58. The van der Waals surface area contributed by atoms with Crippen LogP contribution < -0.4 is 5.32 Å². The number of hydrogen-bond acceptors (Lipinski definition) is 7. The summed E-state index contributed by atoms with van der Waals surface area (Å²) in [4.78, 5) is 16.8. The summed E-state index contributed by atoms with van der Waals surface area (Å²) < 4.78 is 2.57. The van der Waals surface area contributed by atoms with Crippen LogP contribution in [0.3, 0.4) is 0 Å². The number of carbonyl (C=O) groups excluding carboxylic acids is 1. The van der Waals surface area contributed by atoms with E-state index < -0.39 is 0 Å². The Kier molecular flexibility index (Phi) is 6.02. The van der Waals surface area contributed by atoms with Crippen LogP contribution in [-0.2, 0) is 4.79 Å². The lowest BCUT2D eigenvalue weighted by atomic mass is 10.1. The average molecular weight is 487 g/mol. The van der Waals surface area contributed by atoms with Crippen molar-refractivity contribution >= 4 is 50.1 Å². The van der Waals surface area contributed by atoms with Gasteiger partial charge in [0.2, 0.25) is 11.1 Å². The van der Waals surface area contributed by atoms with Gasteiger partial charge in [-0.2, -0.15) is 4.68 Å². The van der Waals surface area contributed by atoms with Gasteiger partial charge in [0.1, 0.15) is 0 Å². The van der Waals surface area contributed by atoms with E-state index in [1.54, 1.807) is 4.68 Å². The van der Waals surface area contributed by atoms with Gasteiger partial charge in [-0.3, -0.25) is 4.79 Å². The fraction of sp³-hybridized carbons (Fsp3) is 0.105. The number of thioether (sulfide) groups is 1. The average Bonchev–Trinajstić information content (AvgIpc) is 3.37. The van der Waals surface area contributed by atoms with Crippen LogP contribution in [0.15, 0.2) is 63.5 Å². The third-order valence-corrected chi connectivity index (χ3v) is 6.15. The first-order valence-corrected chi connectivity index (χ1v) is 11.2. The molecule has 0 atom stereocenters. The molecule has 1 N–H and O–H groups in total. The van der Waals surface area contributed by atoms with Crippen LogP contribution in [0.4, 0.5) is 5.13 Å². The fourth-order valence-corrected chi connectivity index (χ4v) is 4.18. The SMILES string of the molecule is Cc1ccc(-c2csc(NC(=O)CSc3nnnn3-c3ccc(Br)cc3)n2)cc1.